The maximum atomic E-state index is 13.9. The van der Waals surface area contributed by atoms with Gasteiger partial charge in [-0.05, 0) is 57.6 Å². The highest BCUT2D eigenvalue weighted by molar-refractivity contribution is 5.68. The van der Waals surface area contributed by atoms with Gasteiger partial charge in [0.2, 0.25) is 0 Å². The molecule has 2 rings (SSSR count). The van der Waals surface area contributed by atoms with Gasteiger partial charge >= 0.3 is 6.09 Å². The number of nitrogens with zero attached hydrogens (tertiary/aromatic N) is 1. The van der Waals surface area contributed by atoms with E-state index in [9.17, 15) is 13.6 Å². The van der Waals surface area contributed by atoms with Crippen LogP contribution in [0, 0.1) is 11.6 Å². The van der Waals surface area contributed by atoms with Crippen LogP contribution in [-0.2, 0) is 4.74 Å². The van der Waals surface area contributed by atoms with E-state index in [1.165, 1.54) is 12.1 Å². The van der Waals surface area contributed by atoms with E-state index in [-0.39, 0.29) is 18.1 Å². The fourth-order valence-electron chi connectivity index (χ4n) is 2.91. The van der Waals surface area contributed by atoms with E-state index in [1.54, 1.807) is 11.9 Å². The third kappa shape index (κ3) is 3.96. The molecular formula is C17H23F2NO2. The van der Waals surface area contributed by atoms with E-state index < -0.39 is 17.2 Å². The smallest absolute Gasteiger partial charge is 0.410 e. The summed E-state index contributed by atoms with van der Waals surface area (Å²) in [5.74, 6) is -1.07. The third-order valence-electron chi connectivity index (χ3n) is 4.04. The van der Waals surface area contributed by atoms with Crippen LogP contribution in [0.15, 0.2) is 18.2 Å². The van der Waals surface area contributed by atoms with Gasteiger partial charge in [-0.15, -0.1) is 0 Å². The lowest BCUT2D eigenvalue weighted by Crippen LogP contribution is -2.39. The van der Waals surface area contributed by atoms with Crippen molar-refractivity contribution in [3.63, 3.8) is 0 Å². The van der Waals surface area contributed by atoms with E-state index in [4.69, 9.17) is 4.74 Å². The Bertz CT molecular complexity index is 554. The number of ether oxygens (including phenoxy) is 1. The van der Waals surface area contributed by atoms with Gasteiger partial charge in [0.25, 0.3) is 0 Å². The highest BCUT2D eigenvalue weighted by Gasteiger charge is 2.33. The molecule has 1 aromatic rings. The number of rotatable bonds is 2. The predicted octanol–water partition coefficient (Wildman–Crippen LogP) is 4.47. The lowest BCUT2D eigenvalue weighted by Gasteiger charge is -2.28. The second-order valence-corrected chi connectivity index (χ2v) is 6.92. The molecule has 0 bridgehead atoms. The van der Waals surface area contributed by atoms with Crippen LogP contribution in [-0.4, -0.2) is 29.7 Å². The van der Waals surface area contributed by atoms with E-state index >= 15 is 0 Å². The molecule has 1 aromatic carbocycles. The normalized spacial score (nSPS) is 21.7. The summed E-state index contributed by atoms with van der Waals surface area (Å²) in [5.41, 5.74) is -0.00615. The molecule has 0 spiro atoms. The van der Waals surface area contributed by atoms with E-state index in [2.05, 4.69) is 0 Å². The van der Waals surface area contributed by atoms with Crippen molar-refractivity contribution < 1.29 is 18.3 Å². The summed E-state index contributed by atoms with van der Waals surface area (Å²) in [6.07, 6.45) is 1.87. The molecule has 122 valence electrons. The molecule has 0 aliphatic heterocycles. The number of hydrogen-bond donors (Lipinski definition) is 0. The summed E-state index contributed by atoms with van der Waals surface area (Å²) >= 11 is 0. The molecule has 1 aliphatic carbocycles. The van der Waals surface area contributed by atoms with Crippen LogP contribution in [0.1, 0.15) is 51.5 Å². The molecule has 2 unspecified atom stereocenters. The SMILES string of the molecule is CN(C(=O)OC(C)(C)C)C1CCC(c2ccc(F)cc2F)C1. The molecule has 1 aliphatic rings. The molecule has 0 aromatic heterocycles. The molecule has 3 nitrogen and oxygen atoms in total. The first-order valence-electron chi connectivity index (χ1n) is 7.58. The van der Waals surface area contributed by atoms with Gasteiger partial charge in [-0.1, -0.05) is 6.07 Å². The maximum Gasteiger partial charge on any atom is 0.410 e. The molecule has 0 N–H and O–H groups in total. The Morgan fingerprint density at radius 2 is 1.95 bits per heavy atom. The van der Waals surface area contributed by atoms with Crippen molar-refractivity contribution in [2.45, 2.75) is 57.6 Å². The minimum absolute atomic E-state index is 0.00971. The number of carbonyl (C=O) groups is 1. The van der Waals surface area contributed by atoms with Gasteiger partial charge in [-0.25, -0.2) is 13.6 Å². The van der Waals surface area contributed by atoms with Crippen molar-refractivity contribution in [3.8, 4) is 0 Å². The van der Waals surface area contributed by atoms with Gasteiger partial charge in [0, 0.05) is 19.2 Å². The standard InChI is InChI=1S/C17H23F2NO2/c1-17(2,3)22-16(21)20(4)13-7-5-11(9-13)14-8-6-12(18)10-15(14)19/h6,8,10-11,13H,5,7,9H2,1-4H3. The monoisotopic (exact) mass is 311 g/mol. The summed E-state index contributed by atoms with van der Waals surface area (Å²) in [6.45, 7) is 5.47. The zero-order chi connectivity index (χ0) is 16.5. The van der Waals surface area contributed by atoms with Crippen LogP contribution in [0.3, 0.4) is 0 Å². The molecule has 22 heavy (non-hydrogen) atoms. The molecule has 0 radical (unpaired) electrons. The minimum Gasteiger partial charge on any atom is -0.444 e. The summed E-state index contributed by atoms with van der Waals surface area (Å²) in [6, 6.07) is 3.72. The number of benzene rings is 1. The van der Waals surface area contributed by atoms with Crippen molar-refractivity contribution in [1.82, 2.24) is 4.90 Å². The quantitative estimate of drug-likeness (QED) is 0.806. The minimum atomic E-state index is -0.568. The maximum absolute atomic E-state index is 13.9. The van der Waals surface area contributed by atoms with E-state index in [0.29, 0.717) is 12.0 Å². The molecule has 1 amide bonds. The Balaban J connectivity index is 2.01. The van der Waals surface area contributed by atoms with Crippen molar-refractivity contribution in [2.75, 3.05) is 7.05 Å². The Morgan fingerprint density at radius 3 is 2.55 bits per heavy atom. The van der Waals surface area contributed by atoms with E-state index in [0.717, 1.165) is 18.9 Å². The predicted molar refractivity (Wildman–Crippen MR) is 80.7 cm³/mol. The summed E-state index contributed by atoms with van der Waals surface area (Å²) in [7, 11) is 1.71. The first kappa shape index (κ1) is 16.7. The molecule has 1 fully saturated rings. The zero-order valence-corrected chi connectivity index (χ0v) is 13.5. The second kappa shape index (κ2) is 6.23. The van der Waals surface area contributed by atoms with Gasteiger partial charge in [0.1, 0.15) is 17.2 Å². The lowest BCUT2D eigenvalue weighted by molar-refractivity contribution is 0.0226. The highest BCUT2D eigenvalue weighted by atomic mass is 19.1. The van der Waals surface area contributed by atoms with E-state index in [1.807, 2.05) is 20.8 Å². The van der Waals surface area contributed by atoms with Crippen LogP contribution in [0.4, 0.5) is 13.6 Å². The number of carbonyl (C=O) groups excluding carboxylic acids is 1. The van der Waals surface area contributed by atoms with Crippen molar-refractivity contribution >= 4 is 6.09 Å². The molecule has 1 saturated carbocycles. The molecule has 0 heterocycles. The fraction of sp³-hybridized carbons (Fsp3) is 0.588. The van der Waals surface area contributed by atoms with Gasteiger partial charge in [-0.3, -0.25) is 0 Å². The first-order chi connectivity index (χ1) is 10.2. The average Bonchev–Trinajstić information content (AvgIpc) is 2.85. The third-order valence-corrected chi connectivity index (χ3v) is 4.04. The molecule has 2 atom stereocenters. The Kier molecular flexibility index (Phi) is 4.73. The molecule has 5 heteroatoms. The lowest BCUT2D eigenvalue weighted by atomic mass is 9.97. The van der Waals surface area contributed by atoms with Crippen molar-refractivity contribution in [3.05, 3.63) is 35.4 Å². The van der Waals surface area contributed by atoms with Gasteiger partial charge in [0.05, 0.1) is 0 Å². The molecule has 0 saturated heterocycles. The Morgan fingerprint density at radius 1 is 1.27 bits per heavy atom. The summed E-state index contributed by atoms with van der Waals surface area (Å²) in [5, 5.41) is 0. The highest BCUT2D eigenvalue weighted by Crippen LogP contribution is 2.38. The first-order valence-corrected chi connectivity index (χ1v) is 7.58. The summed E-state index contributed by atoms with van der Waals surface area (Å²) < 4.78 is 32.2. The Hall–Kier alpha value is -1.65. The van der Waals surface area contributed by atoms with Crippen LogP contribution in [0.5, 0.6) is 0 Å². The van der Waals surface area contributed by atoms with Crippen LogP contribution in [0.25, 0.3) is 0 Å². The second-order valence-electron chi connectivity index (χ2n) is 6.92. The zero-order valence-electron chi connectivity index (χ0n) is 13.5. The van der Waals surface area contributed by atoms with Gasteiger partial charge in [0.15, 0.2) is 0 Å². The molecular weight excluding hydrogens is 288 g/mol. The average molecular weight is 311 g/mol. The largest absolute Gasteiger partial charge is 0.444 e. The van der Waals surface area contributed by atoms with Gasteiger partial charge < -0.3 is 9.64 Å². The van der Waals surface area contributed by atoms with Gasteiger partial charge in [-0.2, -0.15) is 0 Å². The topological polar surface area (TPSA) is 29.5 Å². The van der Waals surface area contributed by atoms with Crippen LogP contribution < -0.4 is 0 Å². The van der Waals surface area contributed by atoms with Crippen molar-refractivity contribution in [2.24, 2.45) is 0 Å². The Labute approximate surface area is 130 Å². The fourth-order valence-corrected chi connectivity index (χ4v) is 2.91. The van der Waals surface area contributed by atoms with Crippen LogP contribution >= 0.6 is 0 Å². The van der Waals surface area contributed by atoms with Crippen molar-refractivity contribution in [1.29, 1.82) is 0 Å². The van der Waals surface area contributed by atoms with Crippen LogP contribution in [0.2, 0.25) is 0 Å². The summed E-state index contributed by atoms with van der Waals surface area (Å²) in [4.78, 5) is 13.7. The number of hydrogen-bond acceptors (Lipinski definition) is 2. The number of halogens is 2. The number of amides is 1.